The van der Waals surface area contributed by atoms with Gasteiger partial charge in [-0.1, -0.05) is 23.2 Å². The minimum atomic E-state index is -0.434. The fourth-order valence-corrected chi connectivity index (χ4v) is 2.06. The first-order chi connectivity index (χ1) is 8.99. The summed E-state index contributed by atoms with van der Waals surface area (Å²) >= 11 is 12.0. The molecule has 0 saturated heterocycles. The van der Waals surface area contributed by atoms with Crippen LogP contribution in [0.5, 0.6) is 5.75 Å². The van der Waals surface area contributed by atoms with E-state index < -0.39 is 5.97 Å². The van der Waals surface area contributed by atoms with Crippen LogP contribution in [0.4, 0.5) is 0 Å². The third-order valence-corrected chi connectivity index (χ3v) is 2.95. The van der Waals surface area contributed by atoms with Gasteiger partial charge in [-0.05, 0) is 19.1 Å². The zero-order valence-corrected chi connectivity index (χ0v) is 12.2. The molecule has 1 aromatic carbocycles. The highest BCUT2D eigenvalue weighted by Gasteiger charge is 2.15. The summed E-state index contributed by atoms with van der Waals surface area (Å²) in [5, 5.41) is 0.548. The topological polar surface area (TPSA) is 52.6 Å². The first kappa shape index (κ1) is 15.8. The van der Waals surface area contributed by atoms with Gasteiger partial charge in [-0.3, -0.25) is 9.59 Å². The van der Waals surface area contributed by atoms with Crippen LogP contribution < -0.4 is 4.74 Å². The van der Waals surface area contributed by atoms with E-state index in [-0.39, 0.29) is 28.7 Å². The number of esters is 1. The van der Waals surface area contributed by atoms with Crippen LogP contribution in [0.25, 0.3) is 0 Å². The van der Waals surface area contributed by atoms with Gasteiger partial charge in [-0.25, -0.2) is 0 Å². The van der Waals surface area contributed by atoms with E-state index in [0.717, 1.165) is 0 Å². The third kappa shape index (κ3) is 4.40. The second-order valence-electron chi connectivity index (χ2n) is 3.70. The van der Waals surface area contributed by atoms with E-state index in [1.54, 1.807) is 0 Å². The van der Waals surface area contributed by atoms with Crippen molar-refractivity contribution in [1.29, 1.82) is 0 Å². The van der Waals surface area contributed by atoms with Crippen molar-refractivity contribution in [3.8, 4) is 5.75 Å². The molecule has 1 rings (SSSR count). The lowest BCUT2D eigenvalue weighted by Crippen LogP contribution is -2.06. The molecule has 19 heavy (non-hydrogen) atoms. The summed E-state index contributed by atoms with van der Waals surface area (Å²) in [5.74, 6) is -0.302. The van der Waals surface area contributed by atoms with Crippen molar-refractivity contribution in [3.05, 3.63) is 27.7 Å². The monoisotopic (exact) mass is 304 g/mol. The van der Waals surface area contributed by atoms with Crippen molar-refractivity contribution in [2.24, 2.45) is 0 Å². The molecule has 1 aromatic rings. The molecule has 0 spiro atoms. The molecule has 0 amide bonds. The smallest absolute Gasteiger partial charge is 0.305 e. The molecule has 0 heterocycles. The molecule has 0 aliphatic heterocycles. The number of hydrogen-bond donors (Lipinski definition) is 0. The normalized spacial score (nSPS) is 10.1. The van der Waals surface area contributed by atoms with Crippen LogP contribution in [0.1, 0.15) is 30.1 Å². The lowest BCUT2D eigenvalue weighted by atomic mass is 10.1. The SMILES string of the molecule is CCOc1c(Cl)cc(C(=O)CCC(=O)OC)cc1Cl. The Kier molecular flexibility index (Phi) is 6.12. The van der Waals surface area contributed by atoms with E-state index in [9.17, 15) is 9.59 Å². The molecule has 0 saturated carbocycles. The number of hydrogen-bond acceptors (Lipinski definition) is 4. The van der Waals surface area contributed by atoms with Crippen LogP contribution in [0, 0.1) is 0 Å². The predicted octanol–water partition coefficient (Wildman–Crippen LogP) is 3.53. The summed E-state index contributed by atoms with van der Waals surface area (Å²) in [6.45, 7) is 2.23. The molecule has 0 atom stereocenters. The molecule has 0 aromatic heterocycles. The summed E-state index contributed by atoms with van der Waals surface area (Å²) in [5.41, 5.74) is 0.349. The maximum Gasteiger partial charge on any atom is 0.305 e. The lowest BCUT2D eigenvalue weighted by molar-refractivity contribution is -0.140. The van der Waals surface area contributed by atoms with Crippen LogP contribution in [0.15, 0.2) is 12.1 Å². The number of ether oxygens (including phenoxy) is 2. The van der Waals surface area contributed by atoms with E-state index in [0.29, 0.717) is 17.9 Å². The second kappa shape index (κ2) is 7.36. The summed E-state index contributed by atoms with van der Waals surface area (Å²) < 4.78 is 9.74. The average molecular weight is 305 g/mol. The number of carbonyl (C=O) groups excluding carboxylic acids is 2. The Morgan fingerprint density at radius 3 is 2.21 bits per heavy atom. The van der Waals surface area contributed by atoms with E-state index in [1.165, 1.54) is 19.2 Å². The van der Waals surface area contributed by atoms with E-state index in [2.05, 4.69) is 4.74 Å². The van der Waals surface area contributed by atoms with Gasteiger partial charge in [0.15, 0.2) is 11.5 Å². The number of halogens is 2. The Balaban J connectivity index is 2.84. The number of benzene rings is 1. The Morgan fingerprint density at radius 2 is 1.74 bits per heavy atom. The Bertz CT molecular complexity index is 463. The van der Waals surface area contributed by atoms with Gasteiger partial charge in [0.2, 0.25) is 0 Å². The van der Waals surface area contributed by atoms with Gasteiger partial charge >= 0.3 is 5.97 Å². The minimum absolute atomic E-state index is 0.0256. The molecular formula is C13H14Cl2O4. The van der Waals surface area contributed by atoms with Crippen molar-refractivity contribution in [1.82, 2.24) is 0 Å². The first-order valence-corrected chi connectivity index (χ1v) is 6.47. The van der Waals surface area contributed by atoms with Gasteiger partial charge < -0.3 is 9.47 Å². The molecule has 6 heteroatoms. The van der Waals surface area contributed by atoms with Crippen LogP contribution in [0.3, 0.4) is 0 Å². The van der Waals surface area contributed by atoms with E-state index in [1.807, 2.05) is 6.92 Å². The van der Waals surface area contributed by atoms with Crippen LogP contribution in [0.2, 0.25) is 10.0 Å². The molecule has 4 nitrogen and oxygen atoms in total. The molecule has 0 bridgehead atoms. The number of methoxy groups -OCH3 is 1. The quantitative estimate of drug-likeness (QED) is 0.596. The highest BCUT2D eigenvalue weighted by molar-refractivity contribution is 6.37. The van der Waals surface area contributed by atoms with Crippen molar-refractivity contribution >= 4 is 35.0 Å². The minimum Gasteiger partial charge on any atom is -0.491 e. The Hall–Kier alpha value is -1.26. The third-order valence-electron chi connectivity index (χ3n) is 2.39. The highest BCUT2D eigenvalue weighted by atomic mass is 35.5. The number of carbonyl (C=O) groups is 2. The molecule has 104 valence electrons. The molecular weight excluding hydrogens is 291 g/mol. The zero-order valence-electron chi connectivity index (χ0n) is 10.7. The standard InChI is InChI=1S/C13H14Cl2O4/c1-3-19-13-9(14)6-8(7-10(13)15)11(16)4-5-12(17)18-2/h6-7H,3-5H2,1-2H3. The van der Waals surface area contributed by atoms with Crippen molar-refractivity contribution < 1.29 is 19.1 Å². The average Bonchev–Trinajstić information content (AvgIpc) is 2.39. The summed E-state index contributed by atoms with van der Waals surface area (Å²) in [6.07, 6.45) is 0.0745. The van der Waals surface area contributed by atoms with Crippen LogP contribution >= 0.6 is 23.2 Å². The van der Waals surface area contributed by atoms with Gasteiger partial charge in [0.25, 0.3) is 0 Å². The van der Waals surface area contributed by atoms with Gasteiger partial charge in [0, 0.05) is 12.0 Å². The maximum absolute atomic E-state index is 11.9. The molecule has 0 fully saturated rings. The number of ketones is 1. The highest BCUT2D eigenvalue weighted by Crippen LogP contribution is 2.34. The lowest BCUT2D eigenvalue weighted by Gasteiger charge is -2.09. The second-order valence-corrected chi connectivity index (χ2v) is 4.52. The van der Waals surface area contributed by atoms with Gasteiger partial charge in [0.05, 0.1) is 30.2 Å². The summed E-state index contributed by atoms with van der Waals surface area (Å²) in [7, 11) is 1.28. The summed E-state index contributed by atoms with van der Waals surface area (Å²) in [6, 6.07) is 2.97. The molecule has 0 radical (unpaired) electrons. The molecule has 0 unspecified atom stereocenters. The Morgan fingerprint density at radius 1 is 1.16 bits per heavy atom. The van der Waals surface area contributed by atoms with Gasteiger partial charge in [-0.15, -0.1) is 0 Å². The maximum atomic E-state index is 11.9. The first-order valence-electron chi connectivity index (χ1n) is 5.71. The number of rotatable bonds is 6. The Labute approximate surface area is 121 Å². The van der Waals surface area contributed by atoms with E-state index >= 15 is 0 Å². The molecule has 0 N–H and O–H groups in total. The predicted molar refractivity (Wildman–Crippen MR) is 73.2 cm³/mol. The summed E-state index contributed by atoms with van der Waals surface area (Å²) in [4.78, 5) is 22.8. The fraction of sp³-hybridized carbons (Fsp3) is 0.385. The molecule has 0 aliphatic rings. The largest absolute Gasteiger partial charge is 0.491 e. The van der Waals surface area contributed by atoms with Crippen molar-refractivity contribution in [2.75, 3.05) is 13.7 Å². The van der Waals surface area contributed by atoms with Crippen molar-refractivity contribution in [2.45, 2.75) is 19.8 Å². The van der Waals surface area contributed by atoms with Crippen molar-refractivity contribution in [3.63, 3.8) is 0 Å². The van der Waals surface area contributed by atoms with E-state index in [4.69, 9.17) is 27.9 Å². The van der Waals surface area contributed by atoms with Gasteiger partial charge in [-0.2, -0.15) is 0 Å². The van der Waals surface area contributed by atoms with Crippen LogP contribution in [-0.4, -0.2) is 25.5 Å². The van der Waals surface area contributed by atoms with Gasteiger partial charge in [0.1, 0.15) is 0 Å². The molecule has 0 aliphatic carbocycles. The zero-order chi connectivity index (χ0) is 14.4. The fourth-order valence-electron chi connectivity index (χ4n) is 1.47. The number of Topliss-reactive ketones (excluding diaryl/α,β-unsaturated/α-hetero) is 1. The van der Waals surface area contributed by atoms with Crippen LogP contribution in [-0.2, 0) is 9.53 Å².